The van der Waals surface area contributed by atoms with Crippen LogP contribution < -0.4 is 5.73 Å². The van der Waals surface area contributed by atoms with E-state index in [2.05, 4.69) is 9.97 Å². The van der Waals surface area contributed by atoms with Crippen molar-refractivity contribution in [2.45, 2.75) is 6.10 Å². The monoisotopic (exact) mass is 213 g/mol. The van der Waals surface area contributed by atoms with E-state index < -0.39 is 0 Å². The Hall–Kier alpha value is -1.94. The van der Waals surface area contributed by atoms with Crippen LogP contribution in [0.5, 0.6) is 0 Å². The van der Waals surface area contributed by atoms with Crippen molar-refractivity contribution in [2.24, 2.45) is 0 Å². The fourth-order valence-corrected chi connectivity index (χ4v) is 1.70. The summed E-state index contributed by atoms with van der Waals surface area (Å²) in [5, 5.41) is 0. The largest absolute Gasteiger partial charge is 0.368 e. The van der Waals surface area contributed by atoms with Crippen LogP contribution >= 0.6 is 0 Å². The van der Waals surface area contributed by atoms with Crippen LogP contribution in [-0.2, 0) is 4.74 Å². The average Bonchev–Trinajstić information content (AvgIpc) is 3.14. The van der Waals surface area contributed by atoms with Crippen molar-refractivity contribution < 1.29 is 4.74 Å². The molecule has 0 saturated carbocycles. The molecule has 1 fully saturated rings. The smallest absolute Gasteiger partial charge is 0.220 e. The number of ether oxygens (including phenoxy) is 1. The van der Waals surface area contributed by atoms with Gasteiger partial charge in [-0.25, -0.2) is 9.97 Å². The van der Waals surface area contributed by atoms with Crippen LogP contribution in [0.3, 0.4) is 0 Å². The molecule has 0 aliphatic carbocycles. The second-order valence-electron chi connectivity index (χ2n) is 3.72. The summed E-state index contributed by atoms with van der Waals surface area (Å²) in [4.78, 5) is 8.30. The van der Waals surface area contributed by atoms with Crippen LogP contribution in [0.4, 0.5) is 5.95 Å². The maximum Gasteiger partial charge on any atom is 0.220 e. The molecule has 1 unspecified atom stereocenters. The Kier molecular flexibility index (Phi) is 2.08. The minimum atomic E-state index is 0.135. The van der Waals surface area contributed by atoms with Crippen LogP contribution in [0.15, 0.2) is 36.5 Å². The van der Waals surface area contributed by atoms with Gasteiger partial charge in [0.05, 0.1) is 12.3 Å². The summed E-state index contributed by atoms with van der Waals surface area (Å²) in [7, 11) is 0. The molecule has 16 heavy (non-hydrogen) atoms. The first kappa shape index (κ1) is 9.30. The highest BCUT2D eigenvalue weighted by Crippen LogP contribution is 2.35. The van der Waals surface area contributed by atoms with Crippen molar-refractivity contribution in [1.82, 2.24) is 9.97 Å². The van der Waals surface area contributed by atoms with E-state index in [9.17, 15) is 0 Å². The fourth-order valence-electron chi connectivity index (χ4n) is 1.70. The van der Waals surface area contributed by atoms with Crippen LogP contribution in [0.1, 0.15) is 11.7 Å². The van der Waals surface area contributed by atoms with Gasteiger partial charge in [0.15, 0.2) is 0 Å². The van der Waals surface area contributed by atoms with Crippen LogP contribution in [0, 0.1) is 0 Å². The van der Waals surface area contributed by atoms with Crippen molar-refractivity contribution in [2.75, 3.05) is 12.3 Å². The SMILES string of the molecule is Nc1ncc(C2CO2)c(-c2ccccc2)n1. The van der Waals surface area contributed by atoms with Gasteiger partial charge in [0.1, 0.15) is 6.10 Å². The number of hydrogen-bond donors (Lipinski definition) is 1. The van der Waals surface area contributed by atoms with E-state index in [1.807, 2.05) is 30.3 Å². The Bertz CT molecular complexity index is 509. The van der Waals surface area contributed by atoms with E-state index in [0.717, 1.165) is 23.4 Å². The second-order valence-corrected chi connectivity index (χ2v) is 3.72. The quantitative estimate of drug-likeness (QED) is 0.772. The first-order valence-corrected chi connectivity index (χ1v) is 5.14. The van der Waals surface area contributed by atoms with E-state index >= 15 is 0 Å². The highest BCUT2D eigenvalue weighted by Gasteiger charge is 2.29. The first-order valence-electron chi connectivity index (χ1n) is 5.14. The molecule has 80 valence electrons. The van der Waals surface area contributed by atoms with Crippen LogP contribution in [0.25, 0.3) is 11.3 Å². The Morgan fingerprint density at radius 1 is 1.25 bits per heavy atom. The molecule has 1 aromatic carbocycles. The zero-order valence-electron chi connectivity index (χ0n) is 8.63. The fraction of sp³-hybridized carbons (Fsp3) is 0.167. The van der Waals surface area contributed by atoms with Gasteiger partial charge in [-0.1, -0.05) is 30.3 Å². The summed E-state index contributed by atoms with van der Waals surface area (Å²) in [6.07, 6.45) is 1.89. The molecular weight excluding hydrogens is 202 g/mol. The summed E-state index contributed by atoms with van der Waals surface area (Å²) in [5.41, 5.74) is 8.55. The third-order valence-electron chi connectivity index (χ3n) is 2.56. The lowest BCUT2D eigenvalue weighted by atomic mass is 10.1. The molecule has 1 atom stereocenters. The molecule has 1 saturated heterocycles. The third kappa shape index (κ3) is 1.63. The maximum absolute atomic E-state index is 5.62. The normalized spacial score (nSPS) is 18.4. The van der Waals surface area contributed by atoms with Crippen molar-refractivity contribution in [3.05, 3.63) is 42.1 Å². The molecule has 3 rings (SSSR count). The number of anilines is 1. The number of nitrogens with two attached hydrogens (primary N) is 1. The average molecular weight is 213 g/mol. The van der Waals surface area contributed by atoms with Crippen molar-refractivity contribution in [1.29, 1.82) is 0 Å². The highest BCUT2D eigenvalue weighted by molar-refractivity contribution is 5.64. The van der Waals surface area contributed by atoms with Gasteiger partial charge in [0, 0.05) is 17.3 Å². The van der Waals surface area contributed by atoms with Crippen molar-refractivity contribution >= 4 is 5.95 Å². The van der Waals surface area contributed by atoms with E-state index in [4.69, 9.17) is 10.5 Å². The van der Waals surface area contributed by atoms with Crippen molar-refractivity contribution in [3.8, 4) is 11.3 Å². The molecule has 1 aromatic heterocycles. The van der Waals surface area contributed by atoms with E-state index in [1.165, 1.54) is 0 Å². The lowest BCUT2D eigenvalue weighted by molar-refractivity contribution is 0.415. The van der Waals surface area contributed by atoms with Gasteiger partial charge in [-0.05, 0) is 0 Å². The Labute approximate surface area is 93.1 Å². The summed E-state index contributed by atoms with van der Waals surface area (Å²) in [5.74, 6) is 0.295. The van der Waals surface area contributed by atoms with Crippen LogP contribution in [0.2, 0.25) is 0 Å². The Balaban J connectivity index is 2.14. The van der Waals surface area contributed by atoms with Gasteiger partial charge in [-0.15, -0.1) is 0 Å². The molecule has 1 aliphatic heterocycles. The highest BCUT2D eigenvalue weighted by atomic mass is 16.6. The summed E-state index contributed by atoms with van der Waals surface area (Å²) in [6, 6.07) is 9.94. The molecule has 0 bridgehead atoms. The molecule has 2 heterocycles. The number of rotatable bonds is 2. The number of nitrogen functional groups attached to an aromatic ring is 1. The molecule has 2 N–H and O–H groups in total. The molecule has 0 radical (unpaired) electrons. The molecule has 2 aromatic rings. The number of nitrogens with zero attached hydrogens (tertiary/aromatic N) is 2. The predicted octanol–water partition coefficient (Wildman–Crippen LogP) is 1.80. The number of aromatic nitrogens is 2. The summed E-state index contributed by atoms with van der Waals surface area (Å²) >= 11 is 0. The van der Waals surface area contributed by atoms with Gasteiger partial charge in [0.25, 0.3) is 0 Å². The lowest BCUT2D eigenvalue weighted by Gasteiger charge is -2.06. The van der Waals surface area contributed by atoms with Gasteiger partial charge < -0.3 is 10.5 Å². The first-order chi connectivity index (χ1) is 7.84. The third-order valence-corrected chi connectivity index (χ3v) is 2.56. The number of hydrogen-bond acceptors (Lipinski definition) is 4. The lowest BCUT2D eigenvalue weighted by Crippen LogP contribution is -2.00. The maximum atomic E-state index is 5.62. The van der Waals surface area contributed by atoms with Gasteiger partial charge in [0.2, 0.25) is 5.95 Å². The zero-order chi connectivity index (χ0) is 11.0. The minimum absolute atomic E-state index is 0.135. The summed E-state index contributed by atoms with van der Waals surface area (Å²) in [6.45, 7) is 0.743. The topological polar surface area (TPSA) is 64.3 Å². The van der Waals surface area contributed by atoms with Gasteiger partial charge in [-0.3, -0.25) is 0 Å². The van der Waals surface area contributed by atoms with Crippen molar-refractivity contribution in [3.63, 3.8) is 0 Å². The molecule has 0 amide bonds. The zero-order valence-corrected chi connectivity index (χ0v) is 8.63. The van der Waals surface area contributed by atoms with Gasteiger partial charge in [-0.2, -0.15) is 0 Å². The predicted molar refractivity (Wildman–Crippen MR) is 60.6 cm³/mol. The standard InChI is InChI=1S/C12H11N3O/c13-12-14-6-9(10-7-16-10)11(15-12)8-4-2-1-3-5-8/h1-6,10H,7H2,(H2,13,14,15). The van der Waals surface area contributed by atoms with E-state index in [0.29, 0.717) is 5.95 Å². The number of epoxide rings is 1. The molecular formula is C12H11N3O. The minimum Gasteiger partial charge on any atom is -0.368 e. The van der Waals surface area contributed by atoms with E-state index in [-0.39, 0.29) is 6.10 Å². The Morgan fingerprint density at radius 3 is 2.69 bits per heavy atom. The van der Waals surface area contributed by atoms with Crippen LogP contribution in [-0.4, -0.2) is 16.6 Å². The number of benzene rings is 1. The molecule has 1 aliphatic rings. The molecule has 4 heteroatoms. The van der Waals surface area contributed by atoms with Gasteiger partial charge >= 0.3 is 0 Å². The molecule has 4 nitrogen and oxygen atoms in total. The van der Waals surface area contributed by atoms with E-state index in [1.54, 1.807) is 6.20 Å². The Morgan fingerprint density at radius 2 is 2.00 bits per heavy atom. The second kappa shape index (κ2) is 3.57. The molecule has 0 spiro atoms. The summed E-state index contributed by atoms with van der Waals surface area (Å²) < 4.78 is 5.28.